The molecule has 1 rings (SSSR count). The quantitative estimate of drug-likeness (QED) is 0.914. The van der Waals surface area contributed by atoms with Crippen LogP contribution in [0.1, 0.15) is 11.1 Å². The number of hydrogen-bond acceptors (Lipinski definition) is 2. The number of aryl methyl sites for hydroxylation is 1. The summed E-state index contributed by atoms with van der Waals surface area (Å²) in [6.45, 7) is 4.71. The van der Waals surface area contributed by atoms with E-state index in [0.29, 0.717) is 28.9 Å². The fourth-order valence-corrected chi connectivity index (χ4v) is 1.58. The maximum atomic E-state index is 6.06. The van der Waals surface area contributed by atoms with Gasteiger partial charge in [0.25, 0.3) is 0 Å². The van der Waals surface area contributed by atoms with Gasteiger partial charge < -0.3 is 10.5 Å². The van der Waals surface area contributed by atoms with Gasteiger partial charge in [-0.1, -0.05) is 23.2 Å². The monoisotopic (exact) mass is 269 g/mol. The van der Waals surface area contributed by atoms with E-state index in [9.17, 15) is 0 Å². The van der Waals surface area contributed by atoms with Crippen LogP contribution >= 0.6 is 35.6 Å². The molecule has 0 aliphatic rings. The lowest BCUT2D eigenvalue weighted by molar-refractivity contribution is 0.328. The van der Waals surface area contributed by atoms with Crippen molar-refractivity contribution in [3.8, 4) is 5.75 Å². The molecule has 0 bridgehead atoms. The molecule has 0 amide bonds. The summed E-state index contributed by atoms with van der Waals surface area (Å²) in [5, 5.41) is 1.25. The number of nitrogens with two attached hydrogens (primary N) is 1. The highest BCUT2D eigenvalue weighted by molar-refractivity contribution is 6.37. The van der Waals surface area contributed by atoms with Gasteiger partial charge in [0, 0.05) is 11.6 Å². The lowest BCUT2D eigenvalue weighted by Gasteiger charge is -2.11. The Hall–Kier alpha value is -0.150. The van der Waals surface area contributed by atoms with Gasteiger partial charge in [-0.3, -0.25) is 0 Å². The van der Waals surface area contributed by atoms with Crippen LogP contribution in [0.15, 0.2) is 6.07 Å². The van der Waals surface area contributed by atoms with E-state index in [0.717, 1.165) is 11.1 Å². The van der Waals surface area contributed by atoms with Crippen LogP contribution < -0.4 is 10.5 Å². The molecule has 0 aliphatic heterocycles. The van der Waals surface area contributed by atoms with Crippen LogP contribution in [-0.4, -0.2) is 13.2 Å². The molecule has 1 aromatic rings. The molecule has 0 fully saturated rings. The Morgan fingerprint density at radius 2 is 1.87 bits per heavy atom. The molecule has 0 saturated heterocycles. The van der Waals surface area contributed by atoms with Crippen LogP contribution in [0.3, 0.4) is 0 Å². The number of ether oxygens (including phenoxy) is 1. The fraction of sp³-hybridized carbons (Fsp3) is 0.400. The summed E-state index contributed by atoms with van der Waals surface area (Å²) < 4.78 is 5.39. The Balaban J connectivity index is 0.00000196. The van der Waals surface area contributed by atoms with Crippen molar-refractivity contribution in [3.05, 3.63) is 27.2 Å². The van der Waals surface area contributed by atoms with E-state index in [1.807, 2.05) is 19.9 Å². The van der Waals surface area contributed by atoms with Crippen molar-refractivity contribution in [2.45, 2.75) is 13.8 Å². The first-order valence-electron chi connectivity index (χ1n) is 4.36. The zero-order chi connectivity index (χ0) is 10.7. The first kappa shape index (κ1) is 14.8. The van der Waals surface area contributed by atoms with Gasteiger partial charge in [0.15, 0.2) is 0 Å². The smallest absolute Gasteiger partial charge is 0.138 e. The summed E-state index contributed by atoms with van der Waals surface area (Å²) in [6.07, 6.45) is 0. The van der Waals surface area contributed by atoms with Gasteiger partial charge in [-0.2, -0.15) is 0 Å². The lowest BCUT2D eigenvalue weighted by atomic mass is 10.1. The summed E-state index contributed by atoms with van der Waals surface area (Å²) in [5.41, 5.74) is 7.14. The number of benzene rings is 1. The van der Waals surface area contributed by atoms with Gasteiger partial charge in [-0.25, -0.2) is 0 Å². The van der Waals surface area contributed by atoms with E-state index in [2.05, 4.69) is 0 Å². The summed E-state index contributed by atoms with van der Waals surface area (Å²) in [5.74, 6) is 0.650. The minimum atomic E-state index is 0. The van der Waals surface area contributed by atoms with Gasteiger partial charge in [-0.15, -0.1) is 12.4 Å². The molecular weight excluding hydrogens is 256 g/mol. The molecule has 0 unspecified atom stereocenters. The molecule has 86 valence electrons. The molecule has 0 aliphatic carbocycles. The summed E-state index contributed by atoms with van der Waals surface area (Å²) in [6, 6.07) is 1.83. The molecular formula is C10H14Cl3NO. The average Bonchev–Trinajstić information content (AvgIpc) is 2.18. The highest BCUT2D eigenvalue weighted by Crippen LogP contribution is 2.35. The first-order valence-corrected chi connectivity index (χ1v) is 5.11. The second-order valence-corrected chi connectivity index (χ2v) is 3.84. The maximum absolute atomic E-state index is 6.06. The third kappa shape index (κ3) is 3.42. The van der Waals surface area contributed by atoms with E-state index in [1.165, 1.54) is 0 Å². The lowest BCUT2D eigenvalue weighted by Crippen LogP contribution is -2.11. The molecule has 0 radical (unpaired) electrons. The van der Waals surface area contributed by atoms with Gasteiger partial charge in [0.2, 0.25) is 0 Å². The van der Waals surface area contributed by atoms with E-state index < -0.39 is 0 Å². The largest absolute Gasteiger partial charge is 0.491 e. The molecule has 1 aromatic carbocycles. The van der Waals surface area contributed by atoms with Crippen molar-refractivity contribution in [2.24, 2.45) is 5.73 Å². The highest BCUT2D eigenvalue weighted by atomic mass is 35.5. The average molecular weight is 271 g/mol. The van der Waals surface area contributed by atoms with Crippen LogP contribution in [0.4, 0.5) is 0 Å². The topological polar surface area (TPSA) is 35.2 Å². The van der Waals surface area contributed by atoms with Crippen molar-refractivity contribution in [2.75, 3.05) is 13.2 Å². The van der Waals surface area contributed by atoms with E-state index in [1.54, 1.807) is 0 Å². The predicted molar refractivity (Wildman–Crippen MR) is 67.7 cm³/mol. The van der Waals surface area contributed by atoms with Crippen molar-refractivity contribution < 1.29 is 4.74 Å². The van der Waals surface area contributed by atoms with Gasteiger partial charge in [0.1, 0.15) is 12.4 Å². The molecule has 15 heavy (non-hydrogen) atoms. The van der Waals surface area contributed by atoms with Crippen LogP contribution in [0.25, 0.3) is 0 Å². The minimum Gasteiger partial charge on any atom is -0.491 e. The van der Waals surface area contributed by atoms with Gasteiger partial charge >= 0.3 is 0 Å². The number of rotatable bonds is 3. The summed E-state index contributed by atoms with van der Waals surface area (Å²) in [7, 11) is 0. The van der Waals surface area contributed by atoms with Gasteiger partial charge in [0.05, 0.1) is 5.02 Å². The summed E-state index contributed by atoms with van der Waals surface area (Å²) >= 11 is 12.1. The Morgan fingerprint density at radius 3 is 2.40 bits per heavy atom. The molecule has 0 atom stereocenters. The van der Waals surface area contributed by atoms with Crippen molar-refractivity contribution >= 4 is 35.6 Å². The molecule has 2 N–H and O–H groups in total. The molecule has 2 nitrogen and oxygen atoms in total. The standard InChI is InChI=1S/C10H13Cl2NO.ClH/c1-6-5-8(14-4-3-13)10(12)7(2)9(6)11;/h5H,3-4,13H2,1-2H3;1H. The highest BCUT2D eigenvalue weighted by Gasteiger charge is 2.10. The minimum absolute atomic E-state index is 0. The predicted octanol–water partition coefficient (Wildman–Crippen LogP) is 3.37. The molecule has 0 heterocycles. The number of hydrogen-bond donors (Lipinski definition) is 1. The van der Waals surface area contributed by atoms with Gasteiger partial charge in [-0.05, 0) is 31.0 Å². The maximum Gasteiger partial charge on any atom is 0.138 e. The van der Waals surface area contributed by atoms with Crippen LogP contribution in [0, 0.1) is 13.8 Å². The van der Waals surface area contributed by atoms with Crippen molar-refractivity contribution in [3.63, 3.8) is 0 Å². The third-order valence-electron chi connectivity index (χ3n) is 1.94. The molecule has 0 spiro atoms. The third-order valence-corrected chi connectivity index (χ3v) is 3.00. The zero-order valence-corrected chi connectivity index (χ0v) is 11.0. The first-order chi connectivity index (χ1) is 6.57. The normalized spacial score (nSPS) is 9.67. The molecule has 0 aromatic heterocycles. The number of halogens is 3. The van der Waals surface area contributed by atoms with Crippen molar-refractivity contribution in [1.82, 2.24) is 0 Å². The van der Waals surface area contributed by atoms with E-state index >= 15 is 0 Å². The van der Waals surface area contributed by atoms with Crippen molar-refractivity contribution in [1.29, 1.82) is 0 Å². The Bertz CT molecular complexity index is 342. The Labute approximate surface area is 106 Å². The Kier molecular flexibility index (Phi) is 6.37. The molecule has 0 saturated carbocycles. The molecule has 5 heteroatoms. The fourth-order valence-electron chi connectivity index (χ4n) is 1.17. The second-order valence-electron chi connectivity index (χ2n) is 3.08. The SMILES string of the molecule is Cc1cc(OCCN)c(Cl)c(C)c1Cl.Cl. The second kappa shape index (κ2) is 6.44. The summed E-state index contributed by atoms with van der Waals surface area (Å²) in [4.78, 5) is 0. The van der Waals surface area contributed by atoms with E-state index in [-0.39, 0.29) is 12.4 Å². The van der Waals surface area contributed by atoms with Crippen LogP contribution in [0.5, 0.6) is 5.75 Å². The van der Waals surface area contributed by atoms with E-state index in [4.69, 9.17) is 33.7 Å². The zero-order valence-electron chi connectivity index (χ0n) is 8.64. The Morgan fingerprint density at radius 1 is 1.27 bits per heavy atom. The van der Waals surface area contributed by atoms with Crippen LogP contribution in [-0.2, 0) is 0 Å². The van der Waals surface area contributed by atoms with Crippen LogP contribution in [0.2, 0.25) is 10.0 Å².